The number of rotatable bonds is 5. The molecule has 0 fully saturated rings. The van der Waals surface area contributed by atoms with Gasteiger partial charge in [0.1, 0.15) is 11.9 Å². The molecule has 5 heteroatoms. The Kier molecular flexibility index (Phi) is 3.90. The molecule has 0 saturated carbocycles. The number of aromatic nitrogens is 3. The number of pyridine rings is 1. The molecule has 1 N–H and O–H groups in total. The van der Waals surface area contributed by atoms with Crippen LogP contribution in [0.15, 0.2) is 54.4 Å². The van der Waals surface area contributed by atoms with E-state index in [0.29, 0.717) is 0 Å². The Balaban J connectivity index is 1.82. The Bertz CT molecular complexity index is 646. The van der Waals surface area contributed by atoms with Crippen LogP contribution >= 0.6 is 11.3 Å². The Morgan fingerprint density at radius 3 is 2.90 bits per heavy atom. The summed E-state index contributed by atoms with van der Waals surface area (Å²) in [5.41, 5.74) is 1.17. The smallest absolute Gasteiger partial charge is 0.131 e. The van der Waals surface area contributed by atoms with E-state index in [1.807, 2.05) is 31.7 Å². The number of nitrogens with one attached hydrogen (secondary N) is 1. The van der Waals surface area contributed by atoms with Gasteiger partial charge in [-0.3, -0.25) is 10.3 Å². The highest BCUT2D eigenvalue weighted by atomic mass is 32.1. The fourth-order valence-electron chi connectivity index (χ4n) is 2.15. The second-order valence-corrected chi connectivity index (χ2v) is 5.57. The molecular formula is C15H16N4S. The molecule has 0 aliphatic carbocycles. The standard InChI is InChI=1S/C15H16N4S/c1-19-8-7-17-15(19)14(13-5-3-9-20-13)18-11-12-4-2-6-16-10-12/h2-10,14,18H,11H2,1H3. The largest absolute Gasteiger partial charge is 0.336 e. The fourth-order valence-corrected chi connectivity index (χ4v) is 2.95. The van der Waals surface area contributed by atoms with Crippen molar-refractivity contribution >= 4 is 11.3 Å². The topological polar surface area (TPSA) is 42.7 Å². The third-order valence-corrected chi connectivity index (χ3v) is 4.11. The monoisotopic (exact) mass is 284 g/mol. The first kappa shape index (κ1) is 13.0. The predicted octanol–water partition coefficient (Wildman–Crippen LogP) is 2.76. The Morgan fingerprint density at radius 2 is 2.25 bits per heavy atom. The van der Waals surface area contributed by atoms with Crippen LogP contribution in [0.3, 0.4) is 0 Å². The minimum absolute atomic E-state index is 0.107. The van der Waals surface area contributed by atoms with Crippen molar-refractivity contribution in [1.29, 1.82) is 0 Å². The van der Waals surface area contributed by atoms with Crippen LogP contribution in [0.4, 0.5) is 0 Å². The van der Waals surface area contributed by atoms with E-state index in [4.69, 9.17) is 0 Å². The zero-order chi connectivity index (χ0) is 13.8. The molecule has 102 valence electrons. The average molecular weight is 284 g/mol. The molecule has 0 aliphatic heterocycles. The lowest BCUT2D eigenvalue weighted by Gasteiger charge is -2.17. The van der Waals surface area contributed by atoms with Gasteiger partial charge in [-0.15, -0.1) is 11.3 Å². The van der Waals surface area contributed by atoms with Crippen molar-refractivity contribution < 1.29 is 0 Å². The van der Waals surface area contributed by atoms with E-state index in [-0.39, 0.29) is 6.04 Å². The lowest BCUT2D eigenvalue weighted by atomic mass is 10.2. The molecule has 0 radical (unpaired) electrons. The number of hydrogen-bond acceptors (Lipinski definition) is 4. The molecule has 4 nitrogen and oxygen atoms in total. The third-order valence-electron chi connectivity index (χ3n) is 3.18. The fraction of sp³-hybridized carbons (Fsp3) is 0.200. The van der Waals surface area contributed by atoms with Crippen molar-refractivity contribution in [3.8, 4) is 0 Å². The van der Waals surface area contributed by atoms with Crippen LogP contribution in [-0.4, -0.2) is 14.5 Å². The van der Waals surface area contributed by atoms with Crippen molar-refractivity contribution in [2.24, 2.45) is 7.05 Å². The summed E-state index contributed by atoms with van der Waals surface area (Å²) in [6, 6.07) is 8.35. The number of aryl methyl sites for hydroxylation is 1. The highest BCUT2D eigenvalue weighted by molar-refractivity contribution is 7.10. The van der Waals surface area contributed by atoms with Crippen molar-refractivity contribution in [1.82, 2.24) is 19.9 Å². The van der Waals surface area contributed by atoms with E-state index in [2.05, 4.69) is 43.4 Å². The molecule has 0 aromatic carbocycles. The maximum absolute atomic E-state index is 4.48. The van der Waals surface area contributed by atoms with Crippen LogP contribution in [0.2, 0.25) is 0 Å². The first-order chi connectivity index (χ1) is 9.84. The maximum Gasteiger partial charge on any atom is 0.131 e. The molecule has 1 atom stereocenters. The van der Waals surface area contributed by atoms with Crippen molar-refractivity contribution in [3.63, 3.8) is 0 Å². The molecule has 0 saturated heterocycles. The molecule has 1 unspecified atom stereocenters. The van der Waals surface area contributed by atoms with Crippen LogP contribution in [0.25, 0.3) is 0 Å². The van der Waals surface area contributed by atoms with Gasteiger partial charge in [0, 0.05) is 43.3 Å². The Labute approximate surface area is 122 Å². The van der Waals surface area contributed by atoms with Crippen LogP contribution in [0.1, 0.15) is 22.3 Å². The molecule has 0 amide bonds. The van der Waals surface area contributed by atoms with Crippen molar-refractivity contribution in [3.05, 3.63) is 70.7 Å². The van der Waals surface area contributed by atoms with Gasteiger partial charge >= 0.3 is 0 Å². The van der Waals surface area contributed by atoms with E-state index < -0.39 is 0 Å². The van der Waals surface area contributed by atoms with Gasteiger partial charge in [-0.1, -0.05) is 12.1 Å². The zero-order valence-corrected chi connectivity index (χ0v) is 12.0. The van der Waals surface area contributed by atoms with Crippen LogP contribution in [0, 0.1) is 0 Å². The highest BCUT2D eigenvalue weighted by Gasteiger charge is 2.18. The minimum atomic E-state index is 0.107. The Morgan fingerprint density at radius 1 is 1.30 bits per heavy atom. The van der Waals surface area contributed by atoms with Gasteiger partial charge in [-0.25, -0.2) is 4.98 Å². The predicted molar refractivity (Wildman–Crippen MR) is 80.4 cm³/mol. The molecule has 3 rings (SSSR count). The quantitative estimate of drug-likeness (QED) is 0.783. The summed E-state index contributed by atoms with van der Waals surface area (Å²) >= 11 is 1.74. The number of imidazole rings is 1. The average Bonchev–Trinajstić information content (AvgIpc) is 3.13. The lowest BCUT2D eigenvalue weighted by molar-refractivity contribution is 0.564. The third kappa shape index (κ3) is 2.79. The second kappa shape index (κ2) is 5.98. The van der Waals surface area contributed by atoms with Gasteiger partial charge in [0.25, 0.3) is 0 Å². The Hall–Kier alpha value is -1.98. The summed E-state index contributed by atoms with van der Waals surface area (Å²) in [4.78, 5) is 9.89. The number of nitrogens with zero attached hydrogens (tertiary/aromatic N) is 3. The van der Waals surface area contributed by atoms with Crippen molar-refractivity contribution in [2.75, 3.05) is 0 Å². The van der Waals surface area contributed by atoms with Gasteiger partial charge in [-0.2, -0.15) is 0 Å². The first-order valence-corrected chi connectivity index (χ1v) is 7.35. The van der Waals surface area contributed by atoms with Gasteiger partial charge in [0.05, 0.1) is 0 Å². The zero-order valence-electron chi connectivity index (χ0n) is 11.2. The van der Waals surface area contributed by atoms with Gasteiger partial charge in [0.15, 0.2) is 0 Å². The molecule has 3 aromatic rings. The summed E-state index contributed by atoms with van der Waals surface area (Å²) in [6.07, 6.45) is 7.49. The second-order valence-electron chi connectivity index (χ2n) is 4.59. The van der Waals surface area contributed by atoms with Gasteiger partial charge in [-0.05, 0) is 23.1 Å². The van der Waals surface area contributed by atoms with Gasteiger partial charge < -0.3 is 4.57 Å². The van der Waals surface area contributed by atoms with E-state index in [9.17, 15) is 0 Å². The van der Waals surface area contributed by atoms with Gasteiger partial charge in [0.2, 0.25) is 0 Å². The van der Waals surface area contributed by atoms with E-state index >= 15 is 0 Å². The maximum atomic E-state index is 4.48. The minimum Gasteiger partial charge on any atom is -0.336 e. The van der Waals surface area contributed by atoms with Crippen LogP contribution in [-0.2, 0) is 13.6 Å². The highest BCUT2D eigenvalue weighted by Crippen LogP contribution is 2.25. The number of thiophene rings is 1. The molecule has 0 spiro atoms. The molecule has 3 aromatic heterocycles. The van der Waals surface area contributed by atoms with E-state index in [0.717, 1.165) is 12.4 Å². The normalized spacial score (nSPS) is 12.4. The first-order valence-electron chi connectivity index (χ1n) is 6.47. The summed E-state index contributed by atoms with van der Waals surface area (Å²) in [5, 5.41) is 5.66. The molecule has 0 bridgehead atoms. The summed E-state index contributed by atoms with van der Waals surface area (Å²) in [6.45, 7) is 0.767. The summed E-state index contributed by atoms with van der Waals surface area (Å²) in [7, 11) is 2.02. The van der Waals surface area contributed by atoms with Crippen molar-refractivity contribution in [2.45, 2.75) is 12.6 Å². The summed E-state index contributed by atoms with van der Waals surface area (Å²) < 4.78 is 2.06. The SMILES string of the molecule is Cn1ccnc1C(NCc1cccnc1)c1cccs1. The molecular weight excluding hydrogens is 268 g/mol. The lowest BCUT2D eigenvalue weighted by Crippen LogP contribution is -2.24. The molecule has 3 heterocycles. The van der Waals surface area contributed by atoms with E-state index in [1.165, 1.54) is 10.4 Å². The molecule has 20 heavy (non-hydrogen) atoms. The molecule has 0 aliphatic rings. The number of hydrogen-bond donors (Lipinski definition) is 1. The summed E-state index contributed by atoms with van der Waals surface area (Å²) in [5.74, 6) is 1.02. The van der Waals surface area contributed by atoms with Crippen LogP contribution in [0.5, 0.6) is 0 Å². The van der Waals surface area contributed by atoms with E-state index in [1.54, 1.807) is 17.5 Å². The van der Waals surface area contributed by atoms with Crippen LogP contribution < -0.4 is 5.32 Å².